The van der Waals surface area contributed by atoms with E-state index < -0.39 is 0 Å². The monoisotopic (exact) mass is 169 g/mol. The van der Waals surface area contributed by atoms with Gasteiger partial charge in [0.05, 0.1) is 0 Å². The molecule has 0 spiro atoms. The van der Waals surface area contributed by atoms with E-state index in [1.165, 1.54) is 5.01 Å². The molecule has 6 heteroatoms. The van der Waals surface area contributed by atoms with Crippen LogP contribution in [0.2, 0.25) is 0 Å². The fourth-order valence-corrected chi connectivity index (χ4v) is 1.54. The molecule has 0 aromatic carbocycles. The lowest BCUT2D eigenvalue weighted by molar-refractivity contribution is -0.908. The number of quaternary nitrogens is 1. The molecule has 66 valence electrons. The Balaban J connectivity index is 2.36. The largest absolute Gasteiger partial charge is 0.261 e. The van der Waals surface area contributed by atoms with Gasteiger partial charge in [0.2, 0.25) is 0 Å². The Morgan fingerprint density at radius 2 is 2.17 bits per heavy atom. The van der Waals surface area contributed by atoms with Crippen LogP contribution in [0, 0.1) is 0 Å². The van der Waals surface area contributed by atoms with E-state index in [0.717, 1.165) is 12.4 Å². The molecular formula is C6H13N6+. The molecule has 6 N–H and O–H groups in total. The van der Waals surface area contributed by atoms with Crippen molar-refractivity contribution in [2.75, 3.05) is 13.2 Å². The van der Waals surface area contributed by atoms with Gasteiger partial charge in [-0.3, -0.25) is 5.01 Å². The normalized spacial score (nSPS) is 33.8. The third kappa shape index (κ3) is 0.901. The first kappa shape index (κ1) is 7.56. The van der Waals surface area contributed by atoms with Crippen molar-refractivity contribution in [1.82, 2.24) is 10.0 Å². The summed E-state index contributed by atoms with van der Waals surface area (Å²) in [6.07, 6.45) is 5.47. The maximum atomic E-state index is 6.02. The molecule has 12 heavy (non-hydrogen) atoms. The molecule has 0 aliphatic carbocycles. The van der Waals surface area contributed by atoms with Crippen LogP contribution in [-0.4, -0.2) is 27.8 Å². The van der Waals surface area contributed by atoms with Gasteiger partial charge in [0.25, 0.3) is 5.82 Å². The second-order valence-corrected chi connectivity index (χ2v) is 3.15. The molecular weight excluding hydrogens is 156 g/mol. The van der Waals surface area contributed by atoms with Crippen LogP contribution in [0.3, 0.4) is 0 Å². The van der Waals surface area contributed by atoms with E-state index in [4.69, 9.17) is 17.5 Å². The lowest BCUT2D eigenvalue weighted by Gasteiger charge is -2.33. The van der Waals surface area contributed by atoms with Gasteiger partial charge in [-0.2, -0.15) is 10.4 Å². The molecule has 0 amide bonds. The molecule has 0 saturated heterocycles. The summed E-state index contributed by atoms with van der Waals surface area (Å²) < 4.78 is 0.267. The van der Waals surface area contributed by atoms with Gasteiger partial charge in [0.1, 0.15) is 12.7 Å². The summed E-state index contributed by atoms with van der Waals surface area (Å²) in [6, 6.07) is 0. The van der Waals surface area contributed by atoms with Crippen LogP contribution in [-0.2, 0) is 0 Å². The molecule has 1 atom stereocenters. The quantitative estimate of drug-likeness (QED) is 0.298. The molecule has 0 aromatic heterocycles. The van der Waals surface area contributed by atoms with Gasteiger partial charge < -0.3 is 0 Å². The molecule has 0 bridgehead atoms. The lowest BCUT2D eigenvalue weighted by atomic mass is 10.4. The fourth-order valence-electron chi connectivity index (χ4n) is 1.54. The van der Waals surface area contributed by atoms with Crippen LogP contribution >= 0.6 is 0 Å². The average Bonchev–Trinajstić information content (AvgIpc) is 2.26. The van der Waals surface area contributed by atoms with Crippen molar-refractivity contribution in [3.63, 3.8) is 0 Å². The van der Waals surface area contributed by atoms with Crippen molar-refractivity contribution >= 4 is 0 Å². The zero-order valence-electron chi connectivity index (χ0n) is 6.72. The van der Waals surface area contributed by atoms with E-state index in [0.29, 0.717) is 6.67 Å². The molecule has 6 nitrogen and oxygen atoms in total. The van der Waals surface area contributed by atoms with Crippen LogP contribution < -0.4 is 17.5 Å². The fraction of sp³-hybridized carbons (Fsp3) is 0.333. The lowest BCUT2D eigenvalue weighted by Crippen LogP contribution is -2.59. The van der Waals surface area contributed by atoms with Crippen LogP contribution in [0.5, 0.6) is 0 Å². The number of nitrogens with zero attached hydrogens (tertiary/aromatic N) is 3. The highest BCUT2D eigenvalue weighted by atomic mass is 15.8. The molecule has 0 saturated carbocycles. The third-order valence-corrected chi connectivity index (χ3v) is 2.11. The summed E-state index contributed by atoms with van der Waals surface area (Å²) in [7, 11) is 0. The highest BCUT2D eigenvalue weighted by molar-refractivity contribution is 5.03. The maximum Gasteiger partial charge on any atom is 0.261 e. The minimum absolute atomic E-state index is 0.267. The van der Waals surface area contributed by atoms with Crippen molar-refractivity contribution in [3.05, 3.63) is 24.3 Å². The molecule has 2 aliphatic rings. The zero-order valence-corrected chi connectivity index (χ0v) is 6.72. The molecule has 2 heterocycles. The van der Waals surface area contributed by atoms with Gasteiger partial charge in [0, 0.05) is 6.20 Å². The van der Waals surface area contributed by atoms with Gasteiger partial charge in [0.15, 0.2) is 6.67 Å². The number of hydrogen-bond donors (Lipinski definition) is 3. The van der Waals surface area contributed by atoms with Gasteiger partial charge >= 0.3 is 0 Å². The highest BCUT2D eigenvalue weighted by Crippen LogP contribution is 2.23. The Kier molecular flexibility index (Phi) is 1.39. The topological polar surface area (TPSA) is 84.5 Å². The summed E-state index contributed by atoms with van der Waals surface area (Å²) in [5.74, 6) is 18.1. The third-order valence-electron chi connectivity index (χ3n) is 2.11. The molecule has 0 fully saturated rings. The van der Waals surface area contributed by atoms with E-state index in [1.807, 2.05) is 6.08 Å². The number of rotatable bonds is 0. The van der Waals surface area contributed by atoms with Gasteiger partial charge in [-0.15, -0.1) is 0 Å². The van der Waals surface area contributed by atoms with Crippen LogP contribution in [0.1, 0.15) is 0 Å². The molecule has 2 rings (SSSR count). The van der Waals surface area contributed by atoms with E-state index in [2.05, 4.69) is 0 Å². The Morgan fingerprint density at radius 1 is 1.42 bits per heavy atom. The molecule has 1 unspecified atom stereocenters. The second kappa shape index (κ2) is 2.20. The van der Waals surface area contributed by atoms with Crippen molar-refractivity contribution in [2.24, 2.45) is 17.5 Å². The summed E-state index contributed by atoms with van der Waals surface area (Å²) in [5.41, 5.74) is 0. The van der Waals surface area contributed by atoms with Crippen molar-refractivity contribution in [2.45, 2.75) is 0 Å². The van der Waals surface area contributed by atoms with Crippen LogP contribution in [0.15, 0.2) is 24.3 Å². The Hall–Kier alpha value is -1.08. The first-order chi connectivity index (χ1) is 5.62. The Morgan fingerprint density at radius 3 is 2.83 bits per heavy atom. The minimum Gasteiger partial charge on any atom is -0.259 e. The summed E-state index contributed by atoms with van der Waals surface area (Å²) >= 11 is 0. The Bertz CT molecular complexity index is 259. The molecule has 2 aliphatic heterocycles. The van der Waals surface area contributed by atoms with Crippen molar-refractivity contribution in [1.29, 1.82) is 0 Å². The molecule has 0 aromatic rings. The standard InChI is InChI=1S/C6H13N6/c7-10-4-6-11(8)2-1-3-12(6,9)5-10/h1-2,4H,3,5,7-9H2/q+1. The number of hydrazine groups is 2. The summed E-state index contributed by atoms with van der Waals surface area (Å²) in [5, 5.41) is 3.04. The second-order valence-electron chi connectivity index (χ2n) is 3.15. The van der Waals surface area contributed by atoms with Gasteiger partial charge in [-0.1, -0.05) is 0 Å². The van der Waals surface area contributed by atoms with Crippen molar-refractivity contribution in [3.8, 4) is 0 Å². The highest BCUT2D eigenvalue weighted by Gasteiger charge is 2.40. The number of hydrogen-bond acceptors (Lipinski definition) is 5. The first-order valence-electron chi connectivity index (χ1n) is 3.72. The zero-order chi connectivity index (χ0) is 8.77. The first-order valence-corrected chi connectivity index (χ1v) is 3.72. The predicted octanol–water partition coefficient (Wildman–Crippen LogP) is -1.67. The number of nitrogens with two attached hydrogens (primary N) is 3. The van der Waals surface area contributed by atoms with E-state index in [1.54, 1.807) is 17.4 Å². The summed E-state index contributed by atoms with van der Waals surface area (Å²) in [4.78, 5) is 0. The molecule has 0 radical (unpaired) electrons. The van der Waals surface area contributed by atoms with E-state index in [-0.39, 0.29) is 4.59 Å². The SMILES string of the molecule is NN1C=C2N(N)C=CC[N+]2(N)C1. The van der Waals surface area contributed by atoms with E-state index in [9.17, 15) is 0 Å². The summed E-state index contributed by atoms with van der Waals surface area (Å²) in [6.45, 7) is 1.29. The van der Waals surface area contributed by atoms with Crippen LogP contribution in [0.25, 0.3) is 0 Å². The van der Waals surface area contributed by atoms with Gasteiger partial charge in [-0.05, 0) is 6.08 Å². The van der Waals surface area contributed by atoms with Gasteiger partial charge in [-0.25, -0.2) is 16.7 Å². The van der Waals surface area contributed by atoms with E-state index >= 15 is 0 Å². The smallest absolute Gasteiger partial charge is 0.259 e. The van der Waals surface area contributed by atoms with Crippen molar-refractivity contribution < 1.29 is 4.59 Å². The predicted molar refractivity (Wildman–Crippen MR) is 43.5 cm³/mol. The van der Waals surface area contributed by atoms with Crippen LogP contribution in [0.4, 0.5) is 0 Å². The maximum absolute atomic E-state index is 6.02. The Labute approximate surface area is 70.6 Å². The number of fused-ring (bicyclic) bond motifs is 1. The average molecular weight is 169 g/mol. The minimum atomic E-state index is 0.267.